The summed E-state index contributed by atoms with van der Waals surface area (Å²) >= 11 is 0. The van der Waals surface area contributed by atoms with Crippen molar-refractivity contribution in [2.75, 3.05) is 11.9 Å². The maximum atomic E-state index is 13.9. The summed E-state index contributed by atoms with van der Waals surface area (Å²) in [4.78, 5) is 15.8. The van der Waals surface area contributed by atoms with Gasteiger partial charge in [-0.1, -0.05) is 55.5 Å². The molecule has 2 amide bonds. The van der Waals surface area contributed by atoms with Crippen LogP contribution in [0.2, 0.25) is 0 Å². The van der Waals surface area contributed by atoms with Crippen LogP contribution in [0.15, 0.2) is 91.1 Å². The predicted octanol–water partition coefficient (Wildman–Crippen LogP) is 6.58. The largest absolute Gasteiger partial charge is 0.494 e. The lowest BCUT2D eigenvalue weighted by Crippen LogP contribution is -2.38. The van der Waals surface area contributed by atoms with Gasteiger partial charge in [-0.2, -0.15) is 0 Å². The van der Waals surface area contributed by atoms with Crippen LogP contribution in [0.25, 0.3) is 5.69 Å². The maximum absolute atomic E-state index is 13.9. The summed E-state index contributed by atoms with van der Waals surface area (Å²) in [7, 11) is 0. The van der Waals surface area contributed by atoms with Crippen molar-refractivity contribution in [2.45, 2.75) is 32.9 Å². The number of hydrogen-bond acceptors (Lipinski definition) is 2. The number of nitrogens with zero attached hydrogens (tertiary/aromatic N) is 2. The molecular weight excluding hydrogens is 422 g/mol. The molecule has 0 saturated carbocycles. The Morgan fingerprint density at radius 3 is 2.50 bits per heavy atom. The first-order valence-electron chi connectivity index (χ1n) is 11.8. The van der Waals surface area contributed by atoms with Crippen LogP contribution in [0.1, 0.15) is 42.3 Å². The van der Waals surface area contributed by atoms with Crippen molar-refractivity contribution in [1.82, 2.24) is 9.47 Å². The van der Waals surface area contributed by atoms with Crippen molar-refractivity contribution in [3.63, 3.8) is 0 Å². The second kappa shape index (κ2) is 9.48. The predicted molar refractivity (Wildman–Crippen MR) is 136 cm³/mol. The fourth-order valence-corrected chi connectivity index (χ4v) is 4.74. The first-order valence-corrected chi connectivity index (χ1v) is 11.8. The summed E-state index contributed by atoms with van der Waals surface area (Å²) in [6.45, 7) is 5.19. The van der Waals surface area contributed by atoms with E-state index in [-0.39, 0.29) is 12.1 Å². The molecule has 0 unspecified atom stereocenters. The van der Waals surface area contributed by atoms with E-state index in [1.165, 1.54) is 0 Å². The smallest absolute Gasteiger partial charge is 0.322 e. The van der Waals surface area contributed by atoms with Crippen LogP contribution >= 0.6 is 0 Å². The van der Waals surface area contributed by atoms with Crippen LogP contribution in [0.3, 0.4) is 0 Å². The molecule has 1 aliphatic rings. The lowest BCUT2D eigenvalue weighted by atomic mass is 10.0. The third-order valence-electron chi connectivity index (χ3n) is 6.37. The van der Waals surface area contributed by atoms with Crippen LogP contribution in [0.5, 0.6) is 5.75 Å². The van der Waals surface area contributed by atoms with E-state index in [1.54, 1.807) is 0 Å². The number of urea groups is 1. The van der Waals surface area contributed by atoms with Gasteiger partial charge in [0.05, 0.1) is 24.9 Å². The van der Waals surface area contributed by atoms with E-state index in [1.807, 2.05) is 60.4 Å². The maximum Gasteiger partial charge on any atom is 0.322 e. The van der Waals surface area contributed by atoms with Gasteiger partial charge in [0.2, 0.25) is 0 Å². The lowest BCUT2D eigenvalue weighted by Gasteiger charge is -2.31. The molecular formula is C29H29N3O2. The number of amides is 2. The van der Waals surface area contributed by atoms with E-state index in [0.717, 1.165) is 45.9 Å². The summed E-state index contributed by atoms with van der Waals surface area (Å²) in [5, 5.41) is 3.20. The second-order valence-corrected chi connectivity index (χ2v) is 8.41. The number of hydrogen-bond donors (Lipinski definition) is 1. The molecule has 1 atom stereocenters. The number of fused-ring (bicyclic) bond motifs is 3. The van der Waals surface area contributed by atoms with Gasteiger partial charge in [0.25, 0.3) is 0 Å². The number of anilines is 1. The minimum absolute atomic E-state index is 0.121. The average Bonchev–Trinajstić information content (AvgIpc) is 3.29. The Morgan fingerprint density at radius 1 is 0.941 bits per heavy atom. The Labute approximate surface area is 200 Å². The second-order valence-electron chi connectivity index (χ2n) is 8.41. The molecule has 4 aromatic rings. The summed E-state index contributed by atoms with van der Waals surface area (Å²) < 4.78 is 7.86. The molecule has 3 aromatic carbocycles. The molecule has 0 spiro atoms. The first-order chi connectivity index (χ1) is 16.7. The fraction of sp³-hybridized carbons (Fsp3) is 0.207. The van der Waals surface area contributed by atoms with Gasteiger partial charge in [-0.3, -0.25) is 0 Å². The van der Waals surface area contributed by atoms with Crippen LogP contribution in [0, 0.1) is 0 Å². The topological polar surface area (TPSA) is 46.5 Å². The van der Waals surface area contributed by atoms with Crippen molar-refractivity contribution in [3.8, 4) is 11.4 Å². The van der Waals surface area contributed by atoms with Gasteiger partial charge in [0.1, 0.15) is 5.75 Å². The zero-order chi connectivity index (χ0) is 23.5. The quantitative estimate of drug-likeness (QED) is 0.373. The van der Waals surface area contributed by atoms with Crippen molar-refractivity contribution < 1.29 is 9.53 Å². The molecule has 0 fully saturated rings. The van der Waals surface area contributed by atoms with E-state index in [4.69, 9.17) is 4.74 Å². The highest BCUT2D eigenvalue weighted by Gasteiger charge is 2.33. The fourth-order valence-electron chi connectivity index (χ4n) is 4.74. The summed E-state index contributed by atoms with van der Waals surface area (Å²) in [5.74, 6) is 0.825. The number of rotatable bonds is 5. The molecule has 0 radical (unpaired) electrons. The lowest BCUT2D eigenvalue weighted by molar-refractivity contribution is 0.194. The number of carbonyl (C=O) groups is 1. The SMILES string of the molecule is CCOc1ccc([C@H]2c3cccn3-c3ccccc3CN2C(=O)Nc2ccccc2CC)cc1. The Kier molecular flexibility index (Phi) is 6.09. The minimum atomic E-state index is -0.258. The standard InChI is InChI=1S/C29H29N3O2/c1-3-21-10-5-7-12-25(21)30-29(33)32-20-23-11-6-8-13-26(23)31-19-9-14-27(31)28(32)22-15-17-24(18-16-22)34-4-2/h5-19,28H,3-4,20H2,1-2H3,(H,30,33)/t28-/m0/s1. The van der Waals surface area contributed by atoms with Gasteiger partial charge in [-0.05, 0) is 66.4 Å². The van der Waals surface area contributed by atoms with Crippen molar-refractivity contribution >= 4 is 11.7 Å². The minimum Gasteiger partial charge on any atom is -0.494 e. The Hall–Kier alpha value is -3.99. The van der Waals surface area contributed by atoms with E-state index in [9.17, 15) is 4.79 Å². The average molecular weight is 452 g/mol. The van der Waals surface area contributed by atoms with Gasteiger partial charge in [0.15, 0.2) is 0 Å². The molecule has 1 N–H and O–H groups in total. The number of aromatic nitrogens is 1. The number of para-hydroxylation sites is 2. The third-order valence-corrected chi connectivity index (χ3v) is 6.37. The van der Waals surface area contributed by atoms with Crippen LogP contribution in [-0.4, -0.2) is 22.1 Å². The normalized spacial score (nSPS) is 14.6. The zero-order valence-corrected chi connectivity index (χ0v) is 19.6. The van der Waals surface area contributed by atoms with E-state index >= 15 is 0 Å². The van der Waals surface area contributed by atoms with Gasteiger partial charge < -0.3 is 19.5 Å². The van der Waals surface area contributed by atoms with Crippen molar-refractivity contribution in [3.05, 3.63) is 114 Å². The molecule has 5 rings (SSSR count). The van der Waals surface area contributed by atoms with E-state index < -0.39 is 0 Å². The molecule has 1 aromatic heterocycles. The molecule has 0 saturated heterocycles. The number of benzene rings is 3. The molecule has 0 bridgehead atoms. The number of ether oxygens (including phenoxy) is 1. The molecule has 0 aliphatic carbocycles. The Morgan fingerprint density at radius 2 is 1.71 bits per heavy atom. The molecule has 5 heteroatoms. The summed E-state index contributed by atoms with van der Waals surface area (Å²) in [5.41, 5.74) is 6.26. The monoisotopic (exact) mass is 451 g/mol. The van der Waals surface area contributed by atoms with Crippen LogP contribution in [0.4, 0.5) is 10.5 Å². The number of aryl methyl sites for hydroxylation is 1. The number of nitrogens with one attached hydrogen (secondary N) is 1. The molecule has 2 heterocycles. The Balaban J connectivity index is 1.60. The highest BCUT2D eigenvalue weighted by Crippen LogP contribution is 2.37. The van der Waals surface area contributed by atoms with Crippen LogP contribution in [-0.2, 0) is 13.0 Å². The molecule has 172 valence electrons. The highest BCUT2D eigenvalue weighted by molar-refractivity contribution is 5.91. The molecule has 1 aliphatic heterocycles. The van der Waals surface area contributed by atoms with Gasteiger partial charge in [-0.25, -0.2) is 4.79 Å². The first kappa shape index (κ1) is 21.8. The third kappa shape index (κ3) is 4.05. The summed E-state index contributed by atoms with van der Waals surface area (Å²) in [6, 6.07) is 28.1. The van der Waals surface area contributed by atoms with Gasteiger partial charge in [0, 0.05) is 17.6 Å². The van der Waals surface area contributed by atoms with Crippen molar-refractivity contribution in [1.29, 1.82) is 0 Å². The molecule has 34 heavy (non-hydrogen) atoms. The summed E-state index contributed by atoms with van der Waals surface area (Å²) in [6.07, 6.45) is 2.92. The van der Waals surface area contributed by atoms with E-state index in [0.29, 0.717) is 13.2 Å². The van der Waals surface area contributed by atoms with Crippen LogP contribution < -0.4 is 10.1 Å². The van der Waals surface area contributed by atoms with E-state index in [2.05, 4.69) is 59.4 Å². The number of carbonyl (C=O) groups excluding carboxylic acids is 1. The van der Waals surface area contributed by atoms with Gasteiger partial charge >= 0.3 is 6.03 Å². The van der Waals surface area contributed by atoms with Gasteiger partial charge in [-0.15, -0.1) is 0 Å². The molecule has 5 nitrogen and oxygen atoms in total. The zero-order valence-electron chi connectivity index (χ0n) is 19.6. The Bertz CT molecular complexity index is 1290. The van der Waals surface area contributed by atoms with Crippen molar-refractivity contribution in [2.24, 2.45) is 0 Å². The highest BCUT2D eigenvalue weighted by atomic mass is 16.5.